The van der Waals surface area contributed by atoms with Crippen LogP contribution in [-0.2, 0) is 6.61 Å². The fourth-order valence-electron chi connectivity index (χ4n) is 5.50. The van der Waals surface area contributed by atoms with Gasteiger partial charge in [-0.2, -0.15) is 9.97 Å². The van der Waals surface area contributed by atoms with Crippen molar-refractivity contribution in [3.63, 3.8) is 0 Å². The zero-order valence-corrected chi connectivity index (χ0v) is 19.9. The van der Waals surface area contributed by atoms with Crippen molar-refractivity contribution in [2.45, 2.75) is 50.4 Å². The first-order chi connectivity index (χ1) is 16.2. The molecule has 0 aliphatic carbocycles. The molecule has 1 aromatic carbocycles. The molecule has 8 heteroatoms. The number of hydrogen-bond donors (Lipinski definition) is 2. The van der Waals surface area contributed by atoms with Crippen molar-refractivity contribution >= 4 is 28.1 Å². The van der Waals surface area contributed by atoms with E-state index in [1.165, 1.54) is 19.3 Å². The Bertz CT molecular complexity index is 1140. The largest absolute Gasteiger partial charge is 0.462 e. The number of likely N-dealkylation sites (tertiary alicyclic amines) is 1. The summed E-state index contributed by atoms with van der Waals surface area (Å²) in [5.41, 5.74) is 2.02. The standard InChI is InChI=1S/C25H31N5O2S/c1-29-10-2-3-19(29)15-32-25-27-22-11-16(23-9-7-20(14-31)33-23)4-8-21(22)24(28-25)30-12-17-5-6-18(13-30)26-17/h4,7-9,11,17-19,26,31H,2-3,5-6,10,12-15H2,1H3/t17?,18?,19-/m0/s1. The molecule has 5 heterocycles. The van der Waals surface area contributed by atoms with Crippen LogP contribution >= 0.6 is 11.3 Å². The molecule has 6 rings (SSSR count). The maximum atomic E-state index is 9.46. The third kappa shape index (κ3) is 4.21. The lowest BCUT2D eigenvalue weighted by atomic mass is 10.1. The highest BCUT2D eigenvalue weighted by Gasteiger charge is 2.33. The first kappa shape index (κ1) is 21.3. The van der Waals surface area contributed by atoms with E-state index in [1.54, 1.807) is 11.3 Å². The van der Waals surface area contributed by atoms with Crippen LogP contribution in [0.25, 0.3) is 21.3 Å². The molecule has 3 aliphatic heterocycles. The van der Waals surface area contributed by atoms with E-state index in [2.05, 4.69) is 46.4 Å². The third-order valence-corrected chi connectivity index (χ3v) is 8.47. The van der Waals surface area contributed by atoms with Crippen LogP contribution in [0, 0.1) is 0 Å². The number of rotatable bonds is 6. The van der Waals surface area contributed by atoms with Crippen LogP contribution in [-0.4, -0.2) is 71.4 Å². The molecule has 3 fully saturated rings. The predicted molar refractivity (Wildman–Crippen MR) is 132 cm³/mol. The van der Waals surface area contributed by atoms with E-state index in [0.29, 0.717) is 30.7 Å². The summed E-state index contributed by atoms with van der Waals surface area (Å²) in [4.78, 5) is 16.7. The maximum absolute atomic E-state index is 9.46. The monoisotopic (exact) mass is 465 g/mol. The fourth-order valence-corrected chi connectivity index (χ4v) is 6.36. The number of aliphatic hydroxyl groups is 1. The van der Waals surface area contributed by atoms with Crippen LogP contribution in [0.1, 0.15) is 30.6 Å². The zero-order chi connectivity index (χ0) is 22.4. The number of nitrogens with zero attached hydrogens (tertiary/aromatic N) is 4. The van der Waals surface area contributed by atoms with Gasteiger partial charge in [0.25, 0.3) is 0 Å². The van der Waals surface area contributed by atoms with E-state index < -0.39 is 0 Å². The Morgan fingerprint density at radius 1 is 1.12 bits per heavy atom. The number of aliphatic hydroxyl groups excluding tert-OH is 1. The molecule has 2 N–H and O–H groups in total. The van der Waals surface area contributed by atoms with E-state index in [9.17, 15) is 5.11 Å². The van der Waals surface area contributed by atoms with E-state index in [0.717, 1.165) is 58.1 Å². The Labute approximate surface area is 198 Å². The molecule has 3 saturated heterocycles. The lowest BCUT2D eigenvalue weighted by Crippen LogP contribution is -2.51. The summed E-state index contributed by atoms with van der Waals surface area (Å²) in [5.74, 6) is 0.988. The fraction of sp³-hybridized carbons (Fsp3) is 0.520. The van der Waals surface area contributed by atoms with Gasteiger partial charge in [0.1, 0.15) is 12.4 Å². The summed E-state index contributed by atoms with van der Waals surface area (Å²) in [7, 11) is 2.16. The van der Waals surface area contributed by atoms with Crippen molar-refractivity contribution in [3.8, 4) is 16.5 Å². The van der Waals surface area contributed by atoms with Crippen LogP contribution in [0.5, 0.6) is 6.01 Å². The highest BCUT2D eigenvalue weighted by molar-refractivity contribution is 7.15. The smallest absolute Gasteiger partial charge is 0.319 e. The number of nitrogens with one attached hydrogen (secondary N) is 1. The molecule has 174 valence electrons. The maximum Gasteiger partial charge on any atom is 0.319 e. The predicted octanol–water partition coefficient (Wildman–Crippen LogP) is 3.26. The first-order valence-corrected chi connectivity index (χ1v) is 12.8. The van der Waals surface area contributed by atoms with Crippen LogP contribution < -0.4 is 15.0 Å². The molecule has 7 nitrogen and oxygen atoms in total. The number of fused-ring (bicyclic) bond motifs is 3. The van der Waals surface area contributed by atoms with Gasteiger partial charge in [0, 0.05) is 46.4 Å². The van der Waals surface area contributed by atoms with Crippen LogP contribution in [0.15, 0.2) is 30.3 Å². The molecule has 33 heavy (non-hydrogen) atoms. The molecule has 2 unspecified atom stereocenters. The molecule has 0 spiro atoms. The van der Waals surface area contributed by atoms with Crippen LogP contribution in [0.2, 0.25) is 0 Å². The molecule has 0 radical (unpaired) electrons. The molecular weight excluding hydrogens is 434 g/mol. The van der Waals surface area contributed by atoms with Gasteiger partial charge in [-0.25, -0.2) is 0 Å². The Balaban J connectivity index is 1.37. The summed E-state index contributed by atoms with van der Waals surface area (Å²) in [6, 6.07) is 12.5. The molecule has 0 amide bonds. The average molecular weight is 466 g/mol. The SMILES string of the molecule is CN1CCC[C@H]1COc1nc(N2CC3CCC(C2)N3)c2ccc(-c3ccc(CO)s3)cc2n1. The van der Waals surface area contributed by atoms with Crippen LogP contribution in [0.4, 0.5) is 5.82 Å². The van der Waals surface area contributed by atoms with Gasteiger partial charge in [-0.1, -0.05) is 6.07 Å². The number of benzene rings is 1. The van der Waals surface area contributed by atoms with Crippen molar-refractivity contribution in [2.24, 2.45) is 0 Å². The van der Waals surface area contributed by atoms with Crippen molar-refractivity contribution in [2.75, 3.05) is 38.2 Å². The lowest BCUT2D eigenvalue weighted by molar-refractivity contribution is 0.188. The van der Waals surface area contributed by atoms with Crippen molar-refractivity contribution in [3.05, 3.63) is 35.2 Å². The second-order valence-electron chi connectivity index (χ2n) is 9.62. The van der Waals surface area contributed by atoms with E-state index in [-0.39, 0.29) is 6.61 Å². The molecule has 3 atom stereocenters. The Morgan fingerprint density at radius 3 is 2.70 bits per heavy atom. The minimum Gasteiger partial charge on any atom is -0.462 e. The van der Waals surface area contributed by atoms with Gasteiger partial charge in [-0.15, -0.1) is 11.3 Å². The second-order valence-corrected chi connectivity index (χ2v) is 10.8. The minimum atomic E-state index is 0.0729. The summed E-state index contributed by atoms with van der Waals surface area (Å²) in [5, 5.41) is 14.3. The van der Waals surface area contributed by atoms with E-state index >= 15 is 0 Å². The summed E-state index contributed by atoms with van der Waals surface area (Å²) >= 11 is 1.62. The quantitative estimate of drug-likeness (QED) is 0.579. The zero-order valence-electron chi connectivity index (χ0n) is 19.0. The lowest BCUT2D eigenvalue weighted by Gasteiger charge is -2.34. The van der Waals surface area contributed by atoms with Crippen molar-refractivity contribution in [1.82, 2.24) is 20.2 Å². The summed E-state index contributed by atoms with van der Waals surface area (Å²) < 4.78 is 6.20. The van der Waals surface area contributed by atoms with Crippen molar-refractivity contribution < 1.29 is 9.84 Å². The van der Waals surface area contributed by atoms with Gasteiger partial charge in [0.2, 0.25) is 0 Å². The average Bonchev–Trinajstić information content (AvgIpc) is 3.56. The Hall–Kier alpha value is -2.26. The van der Waals surface area contributed by atoms with Gasteiger partial charge in [-0.3, -0.25) is 0 Å². The molecular formula is C25H31N5O2S. The first-order valence-electron chi connectivity index (χ1n) is 12.0. The van der Waals surface area contributed by atoms with Gasteiger partial charge >= 0.3 is 6.01 Å². The molecule has 0 saturated carbocycles. The molecule has 3 aliphatic rings. The number of piperazine rings is 1. The minimum absolute atomic E-state index is 0.0729. The highest BCUT2D eigenvalue weighted by atomic mass is 32.1. The van der Waals surface area contributed by atoms with Gasteiger partial charge in [0.05, 0.1) is 12.1 Å². The normalized spacial score (nSPS) is 25.3. The number of anilines is 1. The molecule has 3 aromatic rings. The second kappa shape index (κ2) is 8.83. The summed E-state index contributed by atoms with van der Waals surface area (Å²) in [6.07, 6.45) is 4.85. The van der Waals surface area contributed by atoms with Crippen molar-refractivity contribution in [1.29, 1.82) is 0 Å². The number of likely N-dealkylation sites (N-methyl/N-ethyl adjacent to an activating group) is 1. The van der Waals surface area contributed by atoms with Gasteiger partial charge in [0.15, 0.2) is 0 Å². The Kier molecular flexibility index (Phi) is 5.70. The molecule has 2 aromatic heterocycles. The van der Waals surface area contributed by atoms with E-state index in [1.807, 2.05) is 6.07 Å². The number of thiophene rings is 1. The number of ether oxygens (including phenoxy) is 1. The highest BCUT2D eigenvalue weighted by Crippen LogP contribution is 2.35. The van der Waals surface area contributed by atoms with E-state index in [4.69, 9.17) is 14.7 Å². The van der Waals surface area contributed by atoms with Gasteiger partial charge in [-0.05, 0) is 69.1 Å². The third-order valence-electron chi connectivity index (χ3n) is 7.35. The van der Waals surface area contributed by atoms with Crippen LogP contribution in [0.3, 0.4) is 0 Å². The Morgan fingerprint density at radius 2 is 1.97 bits per heavy atom. The number of aromatic nitrogens is 2. The summed E-state index contributed by atoms with van der Waals surface area (Å²) in [6.45, 7) is 3.77. The topological polar surface area (TPSA) is 73.8 Å². The number of hydrogen-bond acceptors (Lipinski definition) is 8. The van der Waals surface area contributed by atoms with Gasteiger partial charge < -0.3 is 25.0 Å². The molecule has 2 bridgehead atoms.